The highest BCUT2D eigenvalue weighted by Gasteiger charge is 2.42. The minimum Gasteiger partial charge on any atom is -0.345 e. The Hall–Kier alpha value is -5.39. The van der Waals surface area contributed by atoms with Gasteiger partial charge in [-0.3, -0.25) is 24.0 Å². The third kappa shape index (κ3) is 11.9. The molecule has 0 bridgehead atoms. The van der Waals surface area contributed by atoms with Gasteiger partial charge >= 0.3 is 0 Å². The van der Waals surface area contributed by atoms with Crippen molar-refractivity contribution in [3.63, 3.8) is 0 Å². The average molecular weight is 711 g/mol. The molecule has 0 radical (unpaired) electrons. The van der Waals surface area contributed by atoms with Gasteiger partial charge in [-0.2, -0.15) is 0 Å². The minimum absolute atomic E-state index is 0.121. The van der Waals surface area contributed by atoms with E-state index in [1.165, 1.54) is 0 Å². The van der Waals surface area contributed by atoms with E-state index < -0.39 is 65.7 Å². The molecule has 0 aliphatic carbocycles. The van der Waals surface area contributed by atoms with Gasteiger partial charge < -0.3 is 22.1 Å². The topological polar surface area (TPSA) is 161 Å². The van der Waals surface area contributed by atoms with E-state index in [0.29, 0.717) is 0 Å². The van der Waals surface area contributed by atoms with Gasteiger partial charge in [-0.15, -0.1) is 0 Å². The summed E-state index contributed by atoms with van der Waals surface area (Å²) < 4.78 is 31.5. The monoisotopic (exact) mass is 710 g/mol. The van der Waals surface area contributed by atoms with Crippen LogP contribution >= 0.6 is 0 Å². The Morgan fingerprint density at radius 3 is 1.06 bits per heavy atom. The molecule has 0 fully saturated rings. The first kappa shape index (κ1) is 39.4. The number of benzene rings is 4. The van der Waals surface area contributed by atoms with Crippen molar-refractivity contribution in [1.82, 2.24) is 10.6 Å². The Balaban J connectivity index is 1.48. The lowest BCUT2D eigenvalue weighted by Gasteiger charge is -2.24. The molecule has 9 nitrogen and oxygen atoms in total. The number of ketones is 3. The van der Waals surface area contributed by atoms with Gasteiger partial charge in [0.15, 0.2) is 11.6 Å². The van der Waals surface area contributed by atoms with Crippen molar-refractivity contribution >= 4 is 29.2 Å². The molecule has 0 saturated carbocycles. The van der Waals surface area contributed by atoms with E-state index >= 15 is 8.78 Å². The predicted molar refractivity (Wildman–Crippen MR) is 194 cm³/mol. The quantitative estimate of drug-likeness (QED) is 0.102. The Bertz CT molecular complexity index is 1630. The lowest BCUT2D eigenvalue weighted by Crippen LogP contribution is -2.55. The highest BCUT2D eigenvalue weighted by molar-refractivity contribution is 6.18. The molecule has 0 spiro atoms. The van der Waals surface area contributed by atoms with Gasteiger partial charge in [0.2, 0.25) is 29.9 Å². The number of halogens is 2. The summed E-state index contributed by atoms with van der Waals surface area (Å²) in [4.78, 5) is 66.2. The Morgan fingerprint density at radius 1 is 0.462 bits per heavy atom. The molecular weight excluding hydrogens is 666 g/mol. The number of aryl methyl sites for hydroxylation is 2. The summed E-state index contributed by atoms with van der Waals surface area (Å²) in [7, 11) is 0. The van der Waals surface area contributed by atoms with Crippen molar-refractivity contribution in [3.8, 4) is 0 Å². The lowest BCUT2D eigenvalue weighted by molar-refractivity contribution is -0.144. The summed E-state index contributed by atoms with van der Waals surface area (Å²) in [5.74, 6) is -6.27. The fourth-order valence-corrected chi connectivity index (χ4v) is 5.72. The zero-order valence-electron chi connectivity index (χ0n) is 28.7. The number of hydrogen-bond donors (Lipinski definition) is 4. The first-order chi connectivity index (χ1) is 25.0. The van der Waals surface area contributed by atoms with Crippen LogP contribution in [0.15, 0.2) is 121 Å². The second-order valence-electron chi connectivity index (χ2n) is 12.7. The van der Waals surface area contributed by atoms with E-state index in [-0.39, 0.29) is 38.5 Å². The largest absolute Gasteiger partial charge is 0.345 e. The zero-order chi connectivity index (χ0) is 37.5. The van der Waals surface area contributed by atoms with Crippen molar-refractivity contribution in [2.45, 2.75) is 75.0 Å². The molecule has 0 heterocycles. The van der Waals surface area contributed by atoms with Crippen LogP contribution in [-0.4, -0.2) is 65.7 Å². The second kappa shape index (κ2) is 19.9. The molecular formula is C41H44F2N4O5. The summed E-state index contributed by atoms with van der Waals surface area (Å²) in [5, 5.41) is 4.89. The van der Waals surface area contributed by atoms with Crippen LogP contribution in [0.3, 0.4) is 0 Å². The maximum atomic E-state index is 15.7. The minimum atomic E-state index is -3.09. The van der Waals surface area contributed by atoms with E-state index in [1.807, 2.05) is 0 Å². The van der Waals surface area contributed by atoms with Gasteiger partial charge in [-0.05, 0) is 60.8 Å². The Morgan fingerprint density at radius 2 is 0.750 bits per heavy atom. The van der Waals surface area contributed by atoms with Crippen LogP contribution in [0.4, 0.5) is 8.78 Å². The molecule has 272 valence electrons. The van der Waals surface area contributed by atoms with E-state index in [4.69, 9.17) is 11.5 Å². The second-order valence-corrected chi connectivity index (χ2v) is 12.7. The maximum absolute atomic E-state index is 15.7. The van der Waals surface area contributed by atoms with Gasteiger partial charge in [0.25, 0.3) is 0 Å². The van der Waals surface area contributed by atoms with Crippen molar-refractivity contribution in [2.24, 2.45) is 11.5 Å². The fraction of sp³-hybridized carbons (Fsp3) is 0.293. The standard InChI is InChI=1S/C41H44F2N4O5/c42-35(37(48)33(23-21-27-13-5-1-6-14-27)46-40(51)31(44)25-29-17-9-3-10-18-29)39(50)36(43)38(49)34(24-22-28-15-7-2-8-16-28)47-41(52)32(45)26-30-19-11-4-12-20-30/h1-20,31-36H,21-26,44-45H2,(H,46,51)(H,47,52)/t31-,32-,33-,34-,35?,36?/m0/s1. The first-order valence-corrected chi connectivity index (χ1v) is 17.2. The van der Waals surface area contributed by atoms with Crippen LogP contribution in [0.5, 0.6) is 0 Å². The molecule has 52 heavy (non-hydrogen) atoms. The van der Waals surface area contributed by atoms with Gasteiger partial charge in [0.1, 0.15) is 0 Å². The zero-order valence-corrected chi connectivity index (χ0v) is 28.7. The number of Topliss-reactive ketones (excluding diaryl/α,β-unsaturated/α-hetero) is 3. The third-order valence-electron chi connectivity index (χ3n) is 8.72. The molecule has 6 N–H and O–H groups in total. The molecule has 0 saturated heterocycles. The summed E-state index contributed by atoms with van der Waals surface area (Å²) >= 11 is 0. The molecule has 4 aromatic rings. The Labute approximate surface area is 302 Å². The van der Waals surface area contributed by atoms with Gasteiger partial charge in [0, 0.05) is 0 Å². The van der Waals surface area contributed by atoms with Gasteiger partial charge in [0.05, 0.1) is 24.2 Å². The van der Waals surface area contributed by atoms with Crippen molar-refractivity contribution in [1.29, 1.82) is 0 Å². The van der Waals surface area contributed by atoms with Crippen molar-refractivity contribution in [3.05, 3.63) is 144 Å². The summed E-state index contributed by atoms with van der Waals surface area (Å²) in [6.07, 6.45) is -5.76. The molecule has 0 aliphatic heterocycles. The van der Waals surface area contributed by atoms with Crippen LogP contribution in [0.1, 0.15) is 35.1 Å². The number of alkyl halides is 2. The van der Waals surface area contributed by atoms with Crippen LogP contribution in [0.2, 0.25) is 0 Å². The number of nitrogens with two attached hydrogens (primary N) is 2. The van der Waals surface area contributed by atoms with E-state index in [2.05, 4.69) is 10.6 Å². The van der Waals surface area contributed by atoms with Gasteiger partial charge in [-0.1, -0.05) is 121 Å². The van der Waals surface area contributed by atoms with E-state index in [1.54, 1.807) is 121 Å². The van der Waals surface area contributed by atoms with Crippen molar-refractivity contribution in [2.75, 3.05) is 0 Å². The number of nitrogens with one attached hydrogen (secondary N) is 2. The van der Waals surface area contributed by atoms with Gasteiger partial charge in [-0.25, -0.2) is 8.78 Å². The van der Waals surface area contributed by atoms with E-state index in [9.17, 15) is 24.0 Å². The highest BCUT2D eigenvalue weighted by atomic mass is 19.1. The third-order valence-corrected chi connectivity index (χ3v) is 8.72. The van der Waals surface area contributed by atoms with Crippen LogP contribution in [0, 0.1) is 0 Å². The van der Waals surface area contributed by atoms with Crippen molar-refractivity contribution < 1.29 is 32.8 Å². The maximum Gasteiger partial charge on any atom is 0.237 e. The molecule has 4 aromatic carbocycles. The van der Waals surface area contributed by atoms with Crippen LogP contribution in [-0.2, 0) is 49.7 Å². The number of hydrogen-bond acceptors (Lipinski definition) is 7. The molecule has 11 heteroatoms. The first-order valence-electron chi connectivity index (χ1n) is 17.2. The molecule has 6 atom stereocenters. The number of carbonyl (C=O) groups excluding carboxylic acids is 5. The molecule has 2 unspecified atom stereocenters. The molecule has 0 aliphatic rings. The number of rotatable bonds is 20. The predicted octanol–water partition coefficient (Wildman–Crippen LogP) is 3.75. The molecule has 0 aromatic heterocycles. The lowest BCUT2D eigenvalue weighted by atomic mass is 9.92. The summed E-state index contributed by atoms with van der Waals surface area (Å²) in [6.45, 7) is 0. The van der Waals surface area contributed by atoms with Crippen LogP contribution < -0.4 is 22.1 Å². The summed E-state index contributed by atoms with van der Waals surface area (Å²) in [6, 6.07) is 30.2. The smallest absolute Gasteiger partial charge is 0.237 e. The average Bonchev–Trinajstić information content (AvgIpc) is 3.17. The molecule has 2 amide bonds. The normalized spacial score (nSPS) is 14.5. The number of amides is 2. The Kier molecular flexibility index (Phi) is 15.0. The SMILES string of the molecule is N[C@@H](Cc1ccccc1)C(=O)N[C@@H](CCc1ccccc1)C(=O)C(F)C(=O)C(F)C(=O)[C@H](CCc1ccccc1)NC(=O)[C@@H](N)Cc1ccccc1. The van der Waals surface area contributed by atoms with Crippen LogP contribution in [0.25, 0.3) is 0 Å². The highest BCUT2D eigenvalue weighted by Crippen LogP contribution is 2.16. The summed E-state index contributed by atoms with van der Waals surface area (Å²) in [5.41, 5.74) is 15.3. The molecule has 4 rings (SSSR count). The fourth-order valence-electron chi connectivity index (χ4n) is 5.72. The number of carbonyl (C=O) groups is 5. The van der Waals surface area contributed by atoms with E-state index in [0.717, 1.165) is 22.3 Å².